The Morgan fingerprint density at radius 2 is 2.25 bits per heavy atom. The molecule has 0 saturated heterocycles. The number of carbonyl (C=O) groups is 1. The van der Waals surface area contributed by atoms with E-state index < -0.39 is 5.97 Å². The Bertz CT molecular complexity index is 441. The van der Waals surface area contributed by atoms with E-state index in [1.54, 1.807) is 6.92 Å². The lowest BCUT2D eigenvalue weighted by molar-refractivity contribution is 0.0519. The average Bonchev–Trinajstić information content (AvgIpc) is 2.95. The molecular formula is C14H22N2O3S. The molecule has 0 spiro atoms. The molecule has 1 heterocycles. The molecule has 1 saturated carbocycles. The molecule has 1 aromatic heterocycles. The summed E-state index contributed by atoms with van der Waals surface area (Å²) in [5.74, 6) is -0.443. The van der Waals surface area contributed by atoms with Crippen LogP contribution < -0.4 is 5.32 Å². The van der Waals surface area contributed by atoms with Crippen LogP contribution in [0.15, 0.2) is 10.7 Å². The van der Waals surface area contributed by atoms with Gasteiger partial charge in [-0.2, -0.15) is 16.7 Å². The van der Waals surface area contributed by atoms with E-state index in [0.29, 0.717) is 12.6 Å². The number of hydrogen-bond acceptors (Lipinski definition) is 6. The second kappa shape index (κ2) is 7.02. The number of thioether (sulfide) groups is 1. The first-order valence-corrected chi connectivity index (χ1v) is 8.33. The molecule has 0 aliphatic heterocycles. The Balaban J connectivity index is 1.91. The smallest absolute Gasteiger partial charge is 0.360 e. The van der Waals surface area contributed by atoms with Crippen molar-refractivity contribution in [1.82, 2.24) is 4.98 Å². The summed E-state index contributed by atoms with van der Waals surface area (Å²) in [6.07, 6.45) is 9.82. The van der Waals surface area contributed by atoms with Crippen LogP contribution in [0.25, 0.3) is 0 Å². The molecule has 20 heavy (non-hydrogen) atoms. The van der Waals surface area contributed by atoms with Gasteiger partial charge in [0.25, 0.3) is 6.01 Å². The minimum Gasteiger partial charge on any atom is -0.461 e. The van der Waals surface area contributed by atoms with Crippen molar-refractivity contribution in [3.8, 4) is 0 Å². The highest BCUT2D eigenvalue weighted by atomic mass is 32.2. The normalized spacial score (nSPS) is 17.7. The topological polar surface area (TPSA) is 64.4 Å². The van der Waals surface area contributed by atoms with Gasteiger partial charge < -0.3 is 14.5 Å². The number of nitrogens with zero attached hydrogens (tertiary/aromatic N) is 1. The third-order valence-corrected chi connectivity index (χ3v) is 5.17. The molecule has 6 heteroatoms. The molecule has 5 nitrogen and oxygen atoms in total. The van der Waals surface area contributed by atoms with Crippen LogP contribution >= 0.6 is 11.8 Å². The fourth-order valence-electron chi connectivity index (χ4n) is 2.54. The van der Waals surface area contributed by atoms with Gasteiger partial charge in [0.1, 0.15) is 6.26 Å². The summed E-state index contributed by atoms with van der Waals surface area (Å²) in [5, 5.41) is 3.22. The van der Waals surface area contributed by atoms with Crippen LogP contribution in [0.4, 0.5) is 6.01 Å². The lowest BCUT2D eigenvalue weighted by atomic mass is 9.88. The van der Waals surface area contributed by atoms with E-state index in [2.05, 4.69) is 16.6 Å². The van der Waals surface area contributed by atoms with Crippen LogP contribution in [0.1, 0.15) is 49.5 Å². The zero-order valence-electron chi connectivity index (χ0n) is 12.1. The Hall–Kier alpha value is -1.17. The number of ether oxygens (including phenoxy) is 1. The number of oxazole rings is 1. The van der Waals surface area contributed by atoms with Crippen LogP contribution in [0.5, 0.6) is 0 Å². The van der Waals surface area contributed by atoms with Crippen molar-refractivity contribution in [1.29, 1.82) is 0 Å². The minimum atomic E-state index is -0.443. The Kier molecular flexibility index (Phi) is 5.34. The highest BCUT2D eigenvalue weighted by molar-refractivity contribution is 8.00. The molecule has 0 radical (unpaired) electrons. The number of esters is 1. The number of hydrogen-bond donors (Lipinski definition) is 1. The molecule has 112 valence electrons. The fraction of sp³-hybridized carbons (Fsp3) is 0.714. The van der Waals surface area contributed by atoms with Crippen molar-refractivity contribution < 1.29 is 13.9 Å². The van der Waals surface area contributed by atoms with Crippen molar-refractivity contribution in [2.75, 3.05) is 24.7 Å². The first kappa shape index (κ1) is 15.2. The number of aromatic nitrogens is 1. The van der Waals surface area contributed by atoms with Gasteiger partial charge in [-0.1, -0.05) is 19.3 Å². The molecule has 0 bridgehead atoms. The van der Waals surface area contributed by atoms with Crippen LogP contribution in [-0.4, -0.2) is 35.1 Å². The highest BCUT2D eigenvalue weighted by Gasteiger charge is 2.31. The quantitative estimate of drug-likeness (QED) is 0.813. The van der Waals surface area contributed by atoms with Crippen molar-refractivity contribution in [2.45, 2.75) is 43.8 Å². The summed E-state index contributed by atoms with van der Waals surface area (Å²) in [4.78, 5) is 15.6. The van der Waals surface area contributed by atoms with Crippen molar-refractivity contribution >= 4 is 23.7 Å². The molecule has 1 aliphatic rings. The monoisotopic (exact) mass is 298 g/mol. The largest absolute Gasteiger partial charge is 0.461 e. The Labute approximate surface area is 123 Å². The molecule has 0 unspecified atom stereocenters. The van der Waals surface area contributed by atoms with Gasteiger partial charge in [-0.25, -0.2) is 4.79 Å². The standard InChI is InChI=1S/C14H22N2O3S/c1-3-18-12(17)11-9-19-13(16-11)15-10-14(20-2)7-5-4-6-8-14/h9H,3-8,10H2,1-2H3,(H,15,16). The van der Waals surface area contributed by atoms with E-state index in [4.69, 9.17) is 9.15 Å². The maximum absolute atomic E-state index is 11.5. The summed E-state index contributed by atoms with van der Waals surface area (Å²) in [6.45, 7) is 2.92. The first-order chi connectivity index (χ1) is 9.69. The van der Waals surface area contributed by atoms with E-state index in [1.807, 2.05) is 11.8 Å². The number of anilines is 1. The maximum Gasteiger partial charge on any atom is 0.360 e. The van der Waals surface area contributed by atoms with Crippen molar-refractivity contribution in [2.24, 2.45) is 0 Å². The van der Waals surface area contributed by atoms with E-state index in [1.165, 1.54) is 38.4 Å². The Morgan fingerprint density at radius 1 is 1.50 bits per heavy atom. The maximum atomic E-state index is 11.5. The second-order valence-electron chi connectivity index (χ2n) is 5.06. The molecule has 0 atom stereocenters. The van der Waals surface area contributed by atoms with Crippen LogP contribution in [0.3, 0.4) is 0 Å². The third kappa shape index (κ3) is 3.69. The predicted octanol–water partition coefficient (Wildman–Crippen LogP) is 3.33. The Morgan fingerprint density at radius 3 is 2.90 bits per heavy atom. The summed E-state index contributed by atoms with van der Waals surface area (Å²) >= 11 is 1.91. The minimum absolute atomic E-state index is 0.219. The summed E-state index contributed by atoms with van der Waals surface area (Å²) in [5.41, 5.74) is 0.219. The molecule has 1 N–H and O–H groups in total. The van der Waals surface area contributed by atoms with Gasteiger partial charge in [-0.3, -0.25) is 0 Å². The van der Waals surface area contributed by atoms with Gasteiger partial charge >= 0.3 is 5.97 Å². The molecular weight excluding hydrogens is 276 g/mol. The fourth-order valence-corrected chi connectivity index (χ4v) is 3.45. The van der Waals surface area contributed by atoms with Gasteiger partial charge in [-0.15, -0.1) is 0 Å². The summed E-state index contributed by atoms with van der Waals surface area (Å²) < 4.78 is 10.4. The number of nitrogens with one attached hydrogen (secondary N) is 1. The molecule has 0 amide bonds. The first-order valence-electron chi connectivity index (χ1n) is 7.11. The zero-order valence-corrected chi connectivity index (χ0v) is 12.9. The summed E-state index contributed by atoms with van der Waals surface area (Å²) in [7, 11) is 0. The van der Waals surface area contributed by atoms with Gasteiger partial charge in [0.15, 0.2) is 5.69 Å². The van der Waals surface area contributed by atoms with Gasteiger partial charge in [-0.05, 0) is 26.0 Å². The van der Waals surface area contributed by atoms with Crippen LogP contribution in [-0.2, 0) is 4.74 Å². The molecule has 1 fully saturated rings. The molecule has 1 aliphatic carbocycles. The van der Waals surface area contributed by atoms with E-state index in [0.717, 1.165) is 6.54 Å². The van der Waals surface area contributed by atoms with E-state index in [-0.39, 0.29) is 10.4 Å². The number of rotatable bonds is 6. The number of carbonyl (C=O) groups excluding carboxylic acids is 1. The van der Waals surface area contributed by atoms with E-state index in [9.17, 15) is 4.79 Å². The molecule has 0 aromatic carbocycles. The van der Waals surface area contributed by atoms with Gasteiger partial charge in [0, 0.05) is 11.3 Å². The SMILES string of the molecule is CCOC(=O)c1coc(NCC2(SC)CCCCC2)n1. The molecule has 1 aromatic rings. The van der Waals surface area contributed by atoms with Crippen LogP contribution in [0.2, 0.25) is 0 Å². The lowest BCUT2D eigenvalue weighted by Gasteiger charge is -2.35. The van der Waals surface area contributed by atoms with E-state index >= 15 is 0 Å². The highest BCUT2D eigenvalue weighted by Crippen LogP contribution is 2.38. The van der Waals surface area contributed by atoms with Gasteiger partial charge in [0.05, 0.1) is 6.61 Å². The molecule has 2 rings (SSSR count). The second-order valence-corrected chi connectivity index (χ2v) is 6.33. The lowest BCUT2D eigenvalue weighted by Crippen LogP contribution is -2.35. The zero-order chi connectivity index (χ0) is 14.4. The third-order valence-electron chi connectivity index (χ3n) is 3.75. The summed E-state index contributed by atoms with van der Waals surface area (Å²) in [6, 6.07) is 0.395. The van der Waals surface area contributed by atoms with Gasteiger partial charge in [0.2, 0.25) is 0 Å². The predicted molar refractivity (Wildman–Crippen MR) is 80.3 cm³/mol. The van der Waals surface area contributed by atoms with Crippen molar-refractivity contribution in [3.05, 3.63) is 12.0 Å². The van der Waals surface area contributed by atoms with Crippen molar-refractivity contribution in [3.63, 3.8) is 0 Å². The van der Waals surface area contributed by atoms with Crippen LogP contribution in [0, 0.1) is 0 Å². The average molecular weight is 298 g/mol.